The SMILES string of the molecule is Cc1c(S(=O)(=O)N2CCN(C(=O)Cn3nc(C(F)F)cc3C3CC3)CC2)cnn1C. The van der Waals surface area contributed by atoms with E-state index in [9.17, 15) is 22.0 Å². The summed E-state index contributed by atoms with van der Waals surface area (Å²) >= 11 is 0. The van der Waals surface area contributed by atoms with Crippen LogP contribution in [0.2, 0.25) is 0 Å². The van der Waals surface area contributed by atoms with Gasteiger partial charge in [-0.1, -0.05) is 0 Å². The standard InChI is InChI=1S/C18H24F2N6O3S/c1-12-16(10-21-23(12)2)30(28,29)25-7-5-24(6-8-25)17(27)11-26-15(13-3-4-13)9-14(22-26)18(19)20/h9-10,13,18H,3-8,11H2,1-2H3. The van der Waals surface area contributed by atoms with Crippen molar-refractivity contribution in [1.82, 2.24) is 28.8 Å². The van der Waals surface area contributed by atoms with Crippen LogP contribution < -0.4 is 0 Å². The summed E-state index contributed by atoms with van der Waals surface area (Å²) in [5.74, 6) is -0.0714. The van der Waals surface area contributed by atoms with Crippen molar-refractivity contribution >= 4 is 15.9 Å². The Balaban J connectivity index is 1.41. The summed E-state index contributed by atoms with van der Waals surface area (Å²) in [6.45, 7) is 2.37. The van der Waals surface area contributed by atoms with Gasteiger partial charge in [0.2, 0.25) is 15.9 Å². The lowest BCUT2D eigenvalue weighted by molar-refractivity contribution is -0.133. The first-order valence-electron chi connectivity index (χ1n) is 9.80. The van der Waals surface area contributed by atoms with Crippen molar-refractivity contribution in [2.75, 3.05) is 26.2 Å². The van der Waals surface area contributed by atoms with Gasteiger partial charge in [0.15, 0.2) is 0 Å². The van der Waals surface area contributed by atoms with E-state index in [0.717, 1.165) is 12.8 Å². The summed E-state index contributed by atoms with van der Waals surface area (Å²) in [5.41, 5.74) is 0.911. The first-order chi connectivity index (χ1) is 14.2. The zero-order valence-electron chi connectivity index (χ0n) is 16.8. The first kappa shape index (κ1) is 20.9. The smallest absolute Gasteiger partial charge is 0.282 e. The summed E-state index contributed by atoms with van der Waals surface area (Å²) in [6, 6.07) is 1.39. The van der Waals surface area contributed by atoms with Crippen LogP contribution in [0.3, 0.4) is 0 Å². The molecule has 0 atom stereocenters. The number of hydrogen-bond donors (Lipinski definition) is 0. The Morgan fingerprint density at radius 2 is 1.90 bits per heavy atom. The van der Waals surface area contributed by atoms with Gasteiger partial charge in [0, 0.05) is 44.8 Å². The molecule has 9 nitrogen and oxygen atoms in total. The van der Waals surface area contributed by atoms with Gasteiger partial charge in [-0.3, -0.25) is 14.2 Å². The van der Waals surface area contributed by atoms with E-state index in [2.05, 4.69) is 10.2 Å². The molecule has 1 saturated carbocycles. The molecule has 1 amide bonds. The van der Waals surface area contributed by atoms with Crippen molar-refractivity contribution in [3.05, 3.63) is 29.3 Å². The maximum atomic E-state index is 13.0. The summed E-state index contributed by atoms with van der Waals surface area (Å²) < 4.78 is 56.0. The third-order valence-corrected chi connectivity index (χ3v) is 7.74. The molecule has 0 N–H and O–H groups in total. The van der Waals surface area contributed by atoms with Gasteiger partial charge in [-0.05, 0) is 25.8 Å². The summed E-state index contributed by atoms with van der Waals surface area (Å²) in [7, 11) is -2.01. The highest BCUT2D eigenvalue weighted by Crippen LogP contribution is 2.41. The molecule has 2 fully saturated rings. The number of carbonyl (C=O) groups is 1. The first-order valence-corrected chi connectivity index (χ1v) is 11.2. The molecule has 1 saturated heterocycles. The van der Waals surface area contributed by atoms with Crippen LogP contribution in [0.5, 0.6) is 0 Å². The fourth-order valence-electron chi connectivity index (χ4n) is 3.67. The molecule has 2 aliphatic rings. The Kier molecular flexibility index (Phi) is 5.39. The molecule has 3 heterocycles. The van der Waals surface area contributed by atoms with Crippen molar-refractivity contribution in [2.45, 2.75) is 43.5 Å². The zero-order valence-corrected chi connectivity index (χ0v) is 17.6. The quantitative estimate of drug-likeness (QED) is 0.672. The van der Waals surface area contributed by atoms with E-state index in [0.29, 0.717) is 11.4 Å². The number of nitrogens with zero attached hydrogens (tertiary/aromatic N) is 6. The van der Waals surface area contributed by atoms with Gasteiger partial charge in [-0.15, -0.1) is 0 Å². The van der Waals surface area contributed by atoms with Crippen LogP contribution in [0.25, 0.3) is 0 Å². The monoisotopic (exact) mass is 442 g/mol. The summed E-state index contributed by atoms with van der Waals surface area (Å²) in [4.78, 5) is 14.4. The minimum absolute atomic E-state index is 0.118. The molecule has 12 heteroatoms. The number of rotatable bonds is 6. The predicted octanol–water partition coefficient (Wildman–Crippen LogP) is 1.27. The number of aromatic nitrogens is 4. The summed E-state index contributed by atoms with van der Waals surface area (Å²) in [5, 5.41) is 7.91. The van der Waals surface area contributed by atoms with Crippen LogP contribution in [0, 0.1) is 6.92 Å². The average molecular weight is 442 g/mol. The normalized spacial score (nSPS) is 18.4. The van der Waals surface area contributed by atoms with Gasteiger partial charge >= 0.3 is 0 Å². The molecule has 1 aliphatic carbocycles. The third kappa shape index (κ3) is 3.85. The number of hydrogen-bond acceptors (Lipinski definition) is 5. The molecular formula is C18H24F2N6O3S. The molecule has 2 aromatic rings. The van der Waals surface area contributed by atoms with Gasteiger partial charge in [0.05, 0.1) is 11.9 Å². The Labute approximate surface area is 173 Å². The molecular weight excluding hydrogens is 418 g/mol. The molecule has 4 rings (SSSR count). The fourth-order valence-corrected chi connectivity index (χ4v) is 5.28. The minimum atomic E-state index is -3.68. The molecule has 30 heavy (non-hydrogen) atoms. The van der Waals surface area contributed by atoms with Gasteiger partial charge in [0.25, 0.3) is 6.43 Å². The van der Waals surface area contributed by atoms with Crippen molar-refractivity contribution in [3.63, 3.8) is 0 Å². The number of aryl methyl sites for hydroxylation is 1. The van der Waals surface area contributed by atoms with E-state index in [1.807, 2.05) is 0 Å². The third-order valence-electron chi connectivity index (χ3n) is 5.73. The predicted molar refractivity (Wildman–Crippen MR) is 102 cm³/mol. The van der Waals surface area contributed by atoms with Crippen LogP contribution in [-0.4, -0.2) is 69.3 Å². The number of piperazine rings is 1. The minimum Gasteiger partial charge on any atom is -0.338 e. The average Bonchev–Trinajstić information content (AvgIpc) is 3.38. The second-order valence-corrected chi connectivity index (χ2v) is 9.64. The molecule has 0 radical (unpaired) electrons. The maximum absolute atomic E-state index is 13.0. The molecule has 1 aliphatic heterocycles. The highest BCUT2D eigenvalue weighted by atomic mass is 32.2. The lowest BCUT2D eigenvalue weighted by atomic mass is 10.2. The van der Waals surface area contributed by atoms with E-state index in [4.69, 9.17) is 0 Å². The molecule has 2 aromatic heterocycles. The Hall–Kier alpha value is -2.34. The lowest BCUT2D eigenvalue weighted by Crippen LogP contribution is -2.51. The number of sulfonamides is 1. The van der Waals surface area contributed by atoms with E-state index >= 15 is 0 Å². The second-order valence-electron chi connectivity index (χ2n) is 7.73. The van der Waals surface area contributed by atoms with Crippen LogP contribution in [0.1, 0.15) is 42.3 Å². The Morgan fingerprint density at radius 1 is 1.23 bits per heavy atom. The topological polar surface area (TPSA) is 93.3 Å². The number of amides is 1. The zero-order chi connectivity index (χ0) is 21.6. The summed E-state index contributed by atoms with van der Waals surface area (Å²) in [6.07, 6.45) is 0.475. The van der Waals surface area contributed by atoms with Gasteiger partial charge in [-0.2, -0.15) is 14.5 Å². The van der Waals surface area contributed by atoms with Crippen molar-refractivity contribution < 1.29 is 22.0 Å². The van der Waals surface area contributed by atoms with Gasteiger partial charge in [0.1, 0.15) is 17.1 Å². The number of carbonyl (C=O) groups excluding carboxylic acids is 1. The number of halogens is 2. The Morgan fingerprint density at radius 3 is 2.43 bits per heavy atom. The molecule has 164 valence electrons. The van der Waals surface area contributed by atoms with E-state index < -0.39 is 16.4 Å². The lowest BCUT2D eigenvalue weighted by Gasteiger charge is -2.34. The molecule has 0 unspecified atom stereocenters. The highest BCUT2D eigenvalue weighted by molar-refractivity contribution is 7.89. The second kappa shape index (κ2) is 7.73. The van der Waals surface area contributed by atoms with Crippen molar-refractivity contribution in [3.8, 4) is 0 Å². The van der Waals surface area contributed by atoms with Gasteiger partial charge < -0.3 is 4.90 Å². The molecule has 0 spiro atoms. The largest absolute Gasteiger partial charge is 0.338 e. The van der Waals surface area contributed by atoms with E-state index in [1.54, 1.807) is 18.9 Å². The highest BCUT2D eigenvalue weighted by Gasteiger charge is 2.34. The fraction of sp³-hybridized carbons (Fsp3) is 0.611. The van der Waals surface area contributed by atoms with Crippen LogP contribution in [-0.2, 0) is 28.4 Å². The van der Waals surface area contributed by atoms with Crippen molar-refractivity contribution in [2.24, 2.45) is 7.05 Å². The Bertz CT molecular complexity index is 1050. The number of alkyl halides is 2. The van der Waals surface area contributed by atoms with Gasteiger partial charge in [-0.25, -0.2) is 17.2 Å². The van der Waals surface area contributed by atoms with E-state index in [-0.39, 0.29) is 55.1 Å². The molecule has 0 bridgehead atoms. The molecule has 0 aromatic carbocycles. The van der Waals surface area contributed by atoms with Crippen molar-refractivity contribution in [1.29, 1.82) is 0 Å². The van der Waals surface area contributed by atoms with Crippen LogP contribution in [0.15, 0.2) is 17.2 Å². The van der Waals surface area contributed by atoms with E-state index in [1.165, 1.54) is 25.9 Å². The maximum Gasteiger partial charge on any atom is 0.282 e. The van der Waals surface area contributed by atoms with Crippen LogP contribution >= 0.6 is 0 Å². The van der Waals surface area contributed by atoms with Crippen LogP contribution in [0.4, 0.5) is 8.78 Å².